The van der Waals surface area contributed by atoms with E-state index in [1.165, 1.54) is 0 Å². The van der Waals surface area contributed by atoms with Crippen LogP contribution in [-0.2, 0) is 9.47 Å². The first-order valence-electron chi connectivity index (χ1n) is 7.87. The lowest BCUT2D eigenvalue weighted by atomic mass is 10.1. The fourth-order valence-electron chi connectivity index (χ4n) is 2.70. The standard InChI is InChI=1S/C17H19ClN2O4/c1-3-23-17(21)24-16-15(20-6-7-22-10-11(20)2)8-12-4-5-13(18)9-14(12)19-16/h4-5,8-9,11H,3,6-7,10H2,1-2H3. The van der Waals surface area contributed by atoms with Crippen molar-refractivity contribution in [1.29, 1.82) is 0 Å². The van der Waals surface area contributed by atoms with Crippen LogP contribution in [0.2, 0.25) is 5.02 Å². The average molecular weight is 351 g/mol. The van der Waals surface area contributed by atoms with Crippen molar-refractivity contribution in [1.82, 2.24) is 4.98 Å². The number of fused-ring (bicyclic) bond motifs is 1. The molecule has 0 saturated carbocycles. The van der Waals surface area contributed by atoms with Gasteiger partial charge in [0.25, 0.3) is 5.88 Å². The van der Waals surface area contributed by atoms with Gasteiger partial charge in [0.15, 0.2) is 0 Å². The van der Waals surface area contributed by atoms with Crippen LogP contribution in [0.5, 0.6) is 5.88 Å². The van der Waals surface area contributed by atoms with E-state index in [0.29, 0.717) is 30.3 Å². The first kappa shape index (κ1) is 16.8. The highest BCUT2D eigenvalue weighted by molar-refractivity contribution is 6.31. The minimum Gasteiger partial charge on any atom is -0.434 e. The van der Waals surface area contributed by atoms with Gasteiger partial charge >= 0.3 is 6.16 Å². The number of carbonyl (C=O) groups excluding carboxylic acids is 1. The van der Waals surface area contributed by atoms with Gasteiger partial charge in [-0.25, -0.2) is 9.78 Å². The van der Waals surface area contributed by atoms with Crippen molar-refractivity contribution < 1.29 is 19.0 Å². The van der Waals surface area contributed by atoms with Crippen LogP contribution in [0.25, 0.3) is 10.9 Å². The Labute approximate surface area is 145 Å². The van der Waals surface area contributed by atoms with E-state index in [4.69, 9.17) is 25.8 Å². The zero-order valence-electron chi connectivity index (χ0n) is 13.6. The number of hydrogen-bond acceptors (Lipinski definition) is 6. The molecule has 1 saturated heterocycles. The summed E-state index contributed by atoms with van der Waals surface area (Å²) in [6.07, 6.45) is -0.770. The van der Waals surface area contributed by atoms with E-state index in [-0.39, 0.29) is 18.5 Å². The molecule has 1 aliphatic rings. The lowest BCUT2D eigenvalue weighted by molar-refractivity contribution is 0.0960. The minimum absolute atomic E-state index is 0.148. The molecule has 1 atom stereocenters. The molecule has 128 valence electrons. The van der Waals surface area contributed by atoms with Crippen LogP contribution in [0.3, 0.4) is 0 Å². The Kier molecular flexibility index (Phi) is 5.06. The van der Waals surface area contributed by atoms with Crippen molar-refractivity contribution in [3.05, 3.63) is 29.3 Å². The zero-order chi connectivity index (χ0) is 17.1. The third-order valence-electron chi connectivity index (χ3n) is 3.85. The van der Waals surface area contributed by atoms with Crippen LogP contribution in [0.15, 0.2) is 24.3 Å². The van der Waals surface area contributed by atoms with Gasteiger partial charge < -0.3 is 19.1 Å². The van der Waals surface area contributed by atoms with Crippen LogP contribution in [0, 0.1) is 0 Å². The lowest BCUT2D eigenvalue weighted by Crippen LogP contribution is -2.44. The molecular weight excluding hydrogens is 332 g/mol. The van der Waals surface area contributed by atoms with Crippen molar-refractivity contribution >= 4 is 34.3 Å². The van der Waals surface area contributed by atoms with E-state index in [0.717, 1.165) is 11.1 Å². The molecule has 0 spiro atoms. The van der Waals surface area contributed by atoms with Crippen molar-refractivity contribution in [2.75, 3.05) is 31.3 Å². The Bertz CT molecular complexity index is 753. The van der Waals surface area contributed by atoms with Crippen molar-refractivity contribution in [3.8, 4) is 5.88 Å². The topological polar surface area (TPSA) is 60.9 Å². The number of aromatic nitrogens is 1. The minimum atomic E-state index is -0.770. The number of anilines is 1. The molecule has 0 bridgehead atoms. The molecular formula is C17H19ClN2O4. The Morgan fingerprint density at radius 2 is 2.29 bits per heavy atom. The molecule has 7 heteroatoms. The third kappa shape index (κ3) is 3.55. The summed E-state index contributed by atoms with van der Waals surface area (Å²) in [6, 6.07) is 7.54. The second kappa shape index (κ2) is 7.23. The molecule has 2 heterocycles. The van der Waals surface area contributed by atoms with Gasteiger partial charge in [-0.3, -0.25) is 0 Å². The maximum Gasteiger partial charge on any atom is 0.515 e. The van der Waals surface area contributed by atoms with Gasteiger partial charge in [-0.1, -0.05) is 17.7 Å². The molecule has 0 aliphatic carbocycles. The van der Waals surface area contributed by atoms with Gasteiger partial charge in [0.2, 0.25) is 0 Å². The Hall–Kier alpha value is -2.05. The summed E-state index contributed by atoms with van der Waals surface area (Å²) in [5.74, 6) is 0.219. The highest BCUT2D eigenvalue weighted by Crippen LogP contribution is 2.33. The molecule has 1 aromatic heterocycles. The number of benzene rings is 1. The largest absolute Gasteiger partial charge is 0.515 e. The predicted octanol–water partition coefficient (Wildman–Crippen LogP) is 3.65. The molecule has 1 aliphatic heterocycles. The lowest BCUT2D eigenvalue weighted by Gasteiger charge is -2.35. The third-order valence-corrected chi connectivity index (χ3v) is 4.08. The number of ether oxygens (including phenoxy) is 3. The van der Waals surface area contributed by atoms with Gasteiger partial charge in [-0.05, 0) is 32.0 Å². The van der Waals surface area contributed by atoms with Gasteiger partial charge in [0, 0.05) is 23.0 Å². The molecule has 6 nitrogen and oxygen atoms in total. The maximum atomic E-state index is 11.8. The predicted molar refractivity (Wildman–Crippen MR) is 92.0 cm³/mol. The number of rotatable bonds is 3. The van der Waals surface area contributed by atoms with Crippen LogP contribution < -0.4 is 9.64 Å². The SMILES string of the molecule is CCOC(=O)Oc1nc2cc(Cl)ccc2cc1N1CCOCC1C. The molecule has 24 heavy (non-hydrogen) atoms. The van der Waals surface area contributed by atoms with Gasteiger partial charge in [0.1, 0.15) is 5.69 Å². The number of nitrogens with zero attached hydrogens (tertiary/aromatic N) is 2. The highest BCUT2D eigenvalue weighted by Gasteiger charge is 2.25. The molecule has 0 radical (unpaired) electrons. The Balaban J connectivity index is 2.05. The smallest absolute Gasteiger partial charge is 0.434 e. The molecule has 0 amide bonds. The summed E-state index contributed by atoms with van der Waals surface area (Å²) in [5, 5.41) is 1.49. The molecule has 1 unspecified atom stereocenters. The molecule has 3 rings (SSSR count). The fraction of sp³-hybridized carbons (Fsp3) is 0.412. The van der Waals surface area contributed by atoms with Crippen molar-refractivity contribution in [2.45, 2.75) is 19.9 Å². The van der Waals surface area contributed by atoms with Gasteiger partial charge in [-0.15, -0.1) is 0 Å². The van der Waals surface area contributed by atoms with Crippen molar-refractivity contribution in [2.24, 2.45) is 0 Å². The number of halogens is 1. The quantitative estimate of drug-likeness (QED) is 0.787. The fourth-order valence-corrected chi connectivity index (χ4v) is 2.87. The zero-order valence-corrected chi connectivity index (χ0v) is 14.4. The van der Waals surface area contributed by atoms with E-state index in [1.807, 2.05) is 18.2 Å². The second-order valence-corrected chi connectivity index (χ2v) is 5.99. The summed E-state index contributed by atoms with van der Waals surface area (Å²) in [7, 11) is 0. The maximum absolute atomic E-state index is 11.8. The molecule has 1 fully saturated rings. The Morgan fingerprint density at radius 3 is 3.04 bits per heavy atom. The molecule has 2 aromatic rings. The average Bonchev–Trinajstić information content (AvgIpc) is 2.55. The summed E-state index contributed by atoms with van der Waals surface area (Å²) in [5.41, 5.74) is 1.40. The summed E-state index contributed by atoms with van der Waals surface area (Å²) < 4.78 is 15.7. The van der Waals surface area contributed by atoms with Gasteiger partial charge in [-0.2, -0.15) is 0 Å². The second-order valence-electron chi connectivity index (χ2n) is 5.55. The van der Waals surface area contributed by atoms with E-state index in [9.17, 15) is 4.79 Å². The Morgan fingerprint density at radius 1 is 1.46 bits per heavy atom. The monoisotopic (exact) mass is 350 g/mol. The number of morpholine rings is 1. The van der Waals surface area contributed by atoms with Crippen LogP contribution in [0.1, 0.15) is 13.8 Å². The van der Waals surface area contributed by atoms with E-state index >= 15 is 0 Å². The number of hydrogen-bond donors (Lipinski definition) is 0. The molecule has 1 aromatic carbocycles. The summed E-state index contributed by atoms with van der Waals surface area (Å²) in [4.78, 5) is 18.4. The first-order chi connectivity index (χ1) is 11.6. The summed E-state index contributed by atoms with van der Waals surface area (Å²) >= 11 is 6.04. The molecule has 0 N–H and O–H groups in total. The first-order valence-corrected chi connectivity index (χ1v) is 8.25. The van der Waals surface area contributed by atoms with Crippen LogP contribution in [0.4, 0.5) is 10.5 Å². The van der Waals surface area contributed by atoms with Crippen molar-refractivity contribution in [3.63, 3.8) is 0 Å². The normalized spacial score (nSPS) is 17.8. The number of carbonyl (C=O) groups is 1. The van der Waals surface area contributed by atoms with E-state index in [1.54, 1.807) is 13.0 Å². The number of pyridine rings is 1. The van der Waals surface area contributed by atoms with Crippen LogP contribution in [-0.4, -0.2) is 43.5 Å². The highest BCUT2D eigenvalue weighted by atomic mass is 35.5. The van der Waals surface area contributed by atoms with Gasteiger partial charge in [0.05, 0.1) is 25.3 Å². The van der Waals surface area contributed by atoms with E-state index < -0.39 is 6.16 Å². The summed E-state index contributed by atoms with van der Waals surface area (Å²) in [6.45, 7) is 5.93. The van der Waals surface area contributed by atoms with Crippen LogP contribution >= 0.6 is 11.6 Å². The van der Waals surface area contributed by atoms with E-state index in [2.05, 4.69) is 16.8 Å².